The predicted molar refractivity (Wildman–Crippen MR) is 81.1 cm³/mol. The molecule has 120 valence electrons. The lowest BCUT2D eigenvalue weighted by Gasteiger charge is -2.41. The SMILES string of the molecule is CC1CCC(N(C)C(=O)N2CCCC(C)(C(=O)O)C2)CC1. The van der Waals surface area contributed by atoms with E-state index in [2.05, 4.69) is 6.92 Å². The topological polar surface area (TPSA) is 60.9 Å². The Balaban J connectivity index is 1.97. The maximum absolute atomic E-state index is 12.6. The lowest BCUT2D eigenvalue weighted by molar-refractivity contribution is -0.150. The van der Waals surface area contributed by atoms with Crippen molar-refractivity contribution in [1.29, 1.82) is 0 Å². The number of carboxylic acids is 1. The van der Waals surface area contributed by atoms with E-state index in [0.29, 0.717) is 25.6 Å². The van der Waals surface area contributed by atoms with Crippen LogP contribution in [0.3, 0.4) is 0 Å². The van der Waals surface area contributed by atoms with Gasteiger partial charge in [0.1, 0.15) is 0 Å². The number of urea groups is 1. The Hall–Kier alpha value is -1.26. The average molecular weight is 296 g/mol. The van der Waals surface area contributed by atoms with E-state index in [1.807, 2.05) is 11.9 Å². The molecule has 0 radical (unpaired) electrons. The summed E-state index contributed by atoms with van der Waals surface area (Å²) in [5.41, 5.74) is -0.796. The number of carbonyl (C=O) groups excluding carboxylic acids is 1. The number of hydrogen-bond acceptors (Lipinski definition) is 2. The molecule has 0 aromatic heterocycles. The number of aliphatic carboxylic acids is 1. The van der Waals surface area contributed by atoms with Crippen molar-refractivity contribution >= 4 is 12.0 Å². The third-order valence-corrected chi connectivity index (χ3v) is 5.32. The molecular formula is C16H28N2O3. The molecule has 2 amide bonds. The molecule has 2 aliphatic rings. The Labute approximate surface area is 127 Å². The molecule has 0 bridgehead atoms. The first-order chi connectivity index (χ1) is 9.83. The van der Waals surface area contributed by atoms with Crippen molar-refractivity contribution in [3.05, 3.63) is 0 Å². The van der Waals surface area contributed by atoms with Crippen LogP contribution >= 0.6 is 0 Å². The molecule has 1 atom stereocenters. The van der Waals surface area contributed by atoms with Crippen LogP contribution in [0.2, 0.25) is 0 Å². The smallest absolute Gasteiger partial charge is 0.320 e. The number of likely N-dealkylation sites (tertiary alicyclic amines) is 1. The lowest BCUT2D eigenvalue weighted by atomic mass is 9.82. The predicted octanol–water partition coefficient (Wildman–Crippen LogP) is 2.80. The Kier molecular flexibility index (Phi) is 4.79. The van der Waals surface area contributed by atoms with Crippen LogP contribution < -0.4 is 0 Å². The highest BCUT2D eigenvalue weighted by Crippen LogP contribution is 2.31. The van der Waals surface area contributed by atoms with Crippen molar-refractivity contribution in [1.82, 2.24) is 9.80 Å². The molecule has 0 spiro atoms. The number of hydrogen-bond donors (Lipinski definition) is 1. The second kappa shape index (κ2) is 6.24. The largest absolute Gasteiger partial charge is 0.481 e. The van der Waals surface area contributed by atoms with E-state index in [4.69, 9.17) is 0 Å². The van der Waals surface area contributed by atoms with E-state index in [1.165, 1.54) is 12.8 Å². The molecule has 1 aliphatic carbocycles. The van der Waals surface area contributed by atoms with E-state index in [-0.39, 0.29) is 6.03 Å². The fourth-order valence-corrected chi connectivity index (χ4v) is 3.59. The number of carbonyl (C=O) groups is 2. The summed E-state index contributed by atoms with van der Waals surface area (Å²) < 4.78 is 0. The summed E-state index contributed by atoms with van der Waals surface area (Å²) in [4.78, 5) is 27.6. The van der Waals surface area contributed by atoms with Gasteiger partial charge in [0.2, 0.25) is 0 Å². The van der Waals surface area contributed by atoms with Gasteiger partial charge in [0, 0.05) is 26.2 Å². The number of rotatable bonds is 2. The minimum Gasteiger partial charge on any atom is -0.481 e. The van der Waals surface area contributed by atoms with Crippen molar-refractivity contribution in [2.24, 2.45) is 11.3 Å². The van der Waals surface area contributed by atoms with Crippen LogP contribution in [0.25, 0.3) is 0 Å². The van der Waals surface area contributed by atoms with E-state index in [0.717, 1.165) is 25.2 Å². The third kappa shape index (κ3) is 3.50. The van der Waals surface area contributed by atoms with Crippen molar-refractivity contribution < 1.29 is 14.7 Å². The van der Waals surface area contributed by atoms with Gasteiger partial charge in [-0.2, -0.15) is 0 Å². The van der Waals surface area contributed by atoms with Crippen molar-refractivity contribution in [3.63, 3.8) is 0 Å². The molecule has 1 aliphatic heterocycles. The average Bonchev–Trinajstić information content (AvgIpc) is 2.46. The molecule has 21 heavy (non-hydrogen) atoms. The standard InChI is InChI=1S/C16H28N2O3/c1-12-5-7-13(8-6-12)17(3)15(21)18-10-4-9-16(2,11-18)14(19)20/h12-13H,4-11H2,1-3H3,(H,19,20). The number of nitrogens with zero attached hydrogens (tertiary/aromatic N) is 2. The minimum atomic E-state index is -0.797. The summed E-state index contributed by atoms with van der Waals surface area (Å²) in [5.74, 6) is -0.0378. The molecule has 2 rings (SSSR count). The van der Waals surface area contributed by atoms with E-state index in [1.54, 1.807) is 11.8 Å². The van der Waals surface area contributed by atoms with Crippen LogP contribution in [0, 0.1) is 11.3 Å². The fourth-order valence-electron chi connectivity index (χ4n) is 3.59. The van der Waals surface area contributed by atoms with E-state index in [9.17, 15) is 14.7 Å². The van der Waals surface area contributed by atoms with E-state index < -0.39 is 11.4 Å². The Morgan fingerprint density at radius 2 is 1.86 bits per heavy atom. The summed E-state index contributed by atoms with van der Waals surface area (Å²) in [6, 6.07) is 0.313. The maximum atomic E-state index is 12.6. The van der Waals surface area contributed by atoms with Gasteiger partial charge >= 0.3 is 12.0 Å². The van der Waals surface area contributed by atoms with Gasteiger partial charge in [-0.15, -0.1) is 0 Å². The van der Waals surface area contributed by atoms with Crippen LogP contribution in [-0.4, -0.2) is 53.1 Å². The van der Waals surface area contributed by atoms with Gasteiger partial charge in [0.25, 0.3) is 0 Å². The summed E-state index contributed by atoms with van der Waals surface area (Å²) in [7, 11) is 1.87. The zero-order chi connectivity index (χ0) is 15.6. The first-order valence-electron chi connectivity index (χ1n) is 8.08. The van der Waals surface area contributed by atoms with Crippen LogP contribution in [0.1, 0.15) is 52.4 Å². The van der Waals surface area contributed by atoms with Crippen LogP contribution in [-0.2, 0) is 4.79 Å². The first kappa shape index (κ1) is 16.1. The molecule has 1 saturated heterocycles. The highest BCUT2D eigenvalue weighted by molar-refractivity contribution is 5.78. The number of piperidine rings is 1. The molecule has 5 nitrogen and oxygen atoms in total. The molecular weight excluding hydrogens is 268 g/mol. The molecule has 1 heterocycles. The molecule has 1 N–H and O–H groups in total. The third-order valence-electron chi connectivity index (χ3n) is 5.32. The van der Waals surface area contributed by atoms with Gasteiger partial charge in [0.05, 0.1) is 5.41 Å². The summed E-state index contributed by atoms with van der Waals surface area (Å²) >= 11 is 0. The van der Waals surface area contributed by atoms with Crippen molar-refractivity contribution in [2.45, 2.75) is 58.4 Å². The van der Waals surface area contributed by atoms with Crippen molar-refractivity contribution in [3.8, 4) is 0 Å². The Bertz CT molecular complexity index is 404. The Morgan fingerprint density at radius 1 is 1.24 bits per heavy atom. The second-order valence-corrected chi connectivity index (χ2v) is 7.20. The van der Waals surface area contributed by atoms with E-state index >= 15 is 0 Å². The van der Waals surface area contributed by atoms with Gasteiger partial charge in [0.15, 0.2) is 0 Å². The van der Waals surface area contributed by atoms with Crippen LogP contribution in [0.15, 0.2) is 0 Å². The first-order valence-corrected chi connectivity index (χ1v) is 8.08. The van der Waals surface area contributed by atoms with Gasteiger partial charge in [-0.25, -0.2) is 4.79 Å². The van der Waals surface area contributed by atoms with Gasteiger partial charge in [-0.05, 0) is 51.4 Å². The van der Waals surface area contributed by atoms with Gasteiger partial charge < -0.3 is 14.9 Å². The summed E-state index contributed by atoms with van der Waals surface area (Å²) in [5, 5.41) is 9.36. The lowest BCUT2D eigenvalue weighted by Crippen LogP contribution is -2.54. The second-order valence-electron chi connectivity index (χ2n) is 7.20. The van der Waals surface area contributed by atoms with Crippen LogP contribution in [0.5, 0.6) is 0 Å². The molecule has 1 saturated carbocycles. The monoisotopic (exact) mass is 296 g/mol. The zero-order valence-electron chi connectivity index (χ0n) is 13.5. The van der Waals surface area contributed by atoms with Gasteiger partial charge in [-0.3, -0.25) is 4.79 Å². The van der Waals surface area contributed by atoms with Gasteiger partial charge in [-0.1, -0.05) is 6.92 Å². The highest BCUT2D eigenvalue weighted by atomic mass is 16.4. The zero-order valence-corrected chi connectivity index (χ0v) is 13.5. The normalized spacial score (nSPS) is 33.6. The minimum absolute atomic E-state index is 0.00160. The summed E-state index contributed by atoms with van der Waals surface area (Å²) in [6.45, 7) is 5.02. The molecule has 1 unspecified atom stereocenters. The van der Waals surface area contributed by atoms with Crippen LogP contribution in [0.4, 0.5) is 4.79 Å². The highest BCUT2D eigenvalue weighted by Gasteiger charge is 2.40. The quantitative estimate of drug-likeness (QED) is 0.852. The molecule has 0 aromatic carbocycles. The number of amides is 2. The molecule has 0 aromatic rings. The summed E-state index contributed by atoms with van der Waals surface area (Å²) in [6.07, 6.45) is 5.89. The Morgan fingerprint density at radius 3 is 2.43 bits per heavy atom. The molecule has 2 fully saturated rings. The number of carboxylic acid groups (broad SMARTS) is 1. The maximum Gasteiger partial charge on any atom is 0.320 e. The van der Waals surface area contributed by atoms with Crippen molar-refractivity contribution in [2.75, 3.05) is 20.1 Å². The molecule has 5 heteroatoms. The fraction of sp³-hybridized carbons (Fsp3) is 0.875.